The van der Waals surface area contributed by atoms with Crippen LogP contribution in [0.15, 0.2) is 24.0 Å². The van der Waals surface area contributed by atoms with Crippen LogP contribution in [-0.2, 0) is 4.74 Å². The zero-order chi connectivity index (χ0) is 11.1. The van der Waals surface area contributed by atoms with E-state index in [0.29, 0.717) is 0 Å². The molecule has 0 aromatic carbocycles. The highest BCUT2D eigenvalue weighted by molar-refractivity contribution is 5.02. The minimum atomic E-state index is -0.326. The molecule has 2 heteroatoms. The van der Waals surface area contributed by atoms with Gasteiger partial charge in [0.15, 0.2) is 0 Å². The van der Waals surface area contributed by atoms with Crippen molar-refractivity contribution in [3.63, 3.8) is 0 Å². The third-order valence-electron chi connectivity index (χ3n) is 2.52. The van der Waals surface area contributed by atoms with Gasteiger partial charge in [-0.25, -0.2) is 0 Å². The summed E-state index contributed by atoms with van der Waals surface area (Å²) in [6, 6.07) is 0. The summed E-state index contributed by atoms with van der Waals surface area (Å²) in [6.45, 7) is 9.77. The highest BCUT2D eigenvalue weighted by atomic mass is 16.5. The molecule has 82 valence electrons. The normalized spacial score (nSPS) is 19.4. The summed E-state index contributed by atoms with van der Waals surface area (Å²) >= 11 is 0. The Morgan fingerprint density at radius 2 is 1.86 bits per heavy atom. The van der Waals surface area contributed by atoms with Crippen LogP contribution in [0.2, 0.25) is 0 Å². The summed E-state index contributed by atoms with van der Waals surface area (Å²) in [4.78, 5) is 0. The molecular formula is C12H22O2. The van der Waals surface area contributed by atoms with Crippen LogP contribution in [0.4, 0.5) is 0 Å². The third kappa shape index (κ3) is 5.07. The molecule has 0 heterocycles. The first-order valence-electron chi connectivity index (χ1n) is 5.12. The van der Waals surface area contributed by atoms with Crippen molar-refractivity contribution >= 4 is 0 Å². The van der Waals surface area contributed by atoms with Gasteiger partial charge in [0.1, 0.15) is 6.10 Å². The molecule has 0 rings (SSSR count). The van der Waals surface area contributed by atoms with E-state index in [2.05, 4.69) is 0 Å². The summed E-state index contributed by atoms with van der Waals surface area (Å²) in [5.41, 5.74) is 1.21. The molecule has 3 unspecified atom stereocenters. The van der Waals surface area contributed by atoms with Crippen molar-refractivity contribution in [3.05, 3.63) is 24.0 Å². The largest absolute Gasteiger partial charge is 0.494 e. The number of hydrogen-bond donors (Lipinski definition) is 1. The molecule has 0 amide bonds. The molecule has 0 aliphatic heterocycles. The van der Waals surface area contributed by atoms with Crippen LogP contribution in [0.3, 0.4) is 0 Å². The number of aliphatic hydroxyl groups is 1. The van der Waals surface area contributed by atoms with E-state index >= 15 is 0 Å². The second-order valence-electron chi connectivity index (χ2n) is 3.74. The number of hydrogen-bond acceptors (Lipinski definition) is 2. The minimum absolute atomic E-state index is 0.109. The number of ether oxygens (including phenoxy) is 1. The van der Waals surface area contributed by atoms with Gasteiger partial charge in [0.25, 0.3) is 0 Å². The maximum atomic E-state index is 9.22. The van der Waals surface area contributed by atoms with E-state index in [0.717, 1.165) is 0 Å². The first-order chi connectivity index (χ1) is 6.49. The highest BCUT2D eigenvalue weighted by Gasteiger charge is 2.05. The van der Waals surface area contributed by atoms with E-state index in [4.69, 9.17) is 4.74 Å². The second-order valence-corrected chi connectivity index (χ2v) is 3.74. The Bertz CT molecular complexity index is 204. The zero-order valence-electron chi connectivity index (χ0n) is 9.82. The van der Waals surface area contributed by atoms with Crippen LogP contribution in [-0.4, -0.2) is 17.3 Å². The molecular weight excluding hydrogens is 176 g/mol. The van der Waals surface area contributed by atoms with Gasteiger partial charge in [-0.05, 0) is 39.3 Å². The van der Waals surface area contributed by atoms with Gasteiger partial charge in [0.05, 0.1) is 12.4 Å². The van der Waals surface area contributed by atoms with E-state index in [-0.39, 0.29) is 18.1 Å². The molecule has 0 aliphatic rings. The predicted molar refractivity (Wildman–Crippen MR) is 60.0 cm³/mol. The molecule has 0 bridgehead atoms. The molecule has 0 spiro atoms. The number of rotatable bonds is 5. The van der Waals surface area contributed by atoms with Crippen LogP contribution >= 0.6 is 0 Å². The van der Waals surface area contributed by atoms with E-state index < -0.39 is 0 Å². The van der Waals surface area contributed by atoms with Crippen LogP contribution in [0.25, 0.3) is 0 Å². The maximum absolute atomic E-state index is 9.22. The molecule has 0 saturated heterocycles. The van der Waals surface area contributed by atoms with Crippen LogP contribution in [0, 0.1) is 5.92 Å². The van der Waals surface area contributed by atoms with Crippen molar-refractivity contribution in [2.75, 3.05) is 0 Å². The van der Waals surface area contributed by atoms with E-state index in [1.165, 1.54) is 5.57 Å². The fraction of sp³-hybridized carbons (Fsp3) is 0.667. The van der Waals surface area contributed by atoms with Crippen LogP contribution < -0.4 is 0 Å². The SMILES string of the molecule is CC=C(C)C(C)OC=CC(C)C(C)O. The first kappa shape index (κ1) is 13.2. The Morgan fingerprint density at radius 3 is 2.29 bits per heavy atom. The fourth-order valence-corrected chi connectivity index (χ4v) is 0.790. The second kappa shape index (κ2) is 6.66. The lowest BCUT2D eigenvalue weighted by molar-refractivity contribution is 0.150. The summed E-state index contributed by atoms with van der Waals surface area (Å²) in [7, 11) is 0. The molecule has 3 atom stereocenters. The van der Waals surface area contributed by atoms with Crippen molar-refractivity contribution in [1.82, 2.24) is 0 Å². The smallest absolute Gasteiger partial charge is 0.116 e. The average molecular weight is 198 g/mol. The highest BCUT2D eigenvalue weighted by Crippen LogP contribution is 2.08. The first-order valence-corrected chi connectivity index (χ1v) is 5.12. The standard InChI is InChI=1S/C12H22O2/c1-6-9(2)12(5)14-8-7-10(3)11(4)13/h6-8,10-13H,1-5H3. The van der Waals surface area contributed by atoms with Crippen molar-refractivity contribution in [3.8, 4) is 0 Å². The molecule has 2 nitrogen and oxygen atoms in total. The predicted octanol–water partition coefficient (Wildman–Crippen LogP) is 2.89. The Hall–Kier alpha value is -0.760. The van der Waals surface area contributed by atoms with Crippen molar-refractivity contribution in [2.24, 2.45) is 5.92 Å². The molecule has 14 heavy (non-hydrogen) atoms. The third-order valence-corrected chi connectivity index (χ3v) is 2.52. The van der Waals surface area contributed by atoms with Gasteiger partial charge >= 0.3 is 0 Å². The molecule has 0 radical (unpaired) electrons. The van der Waals surface area contributed by atoms with E-state index in [9.17, 15) is 5.11 Å². The van der Waals surface area contributed by atoms with Gasteiger partial charge in [-0.1, -0.05) is 13.0 Å². The summed E-state index contributed by atoms with van der Waals surface area (Å²) < 4.78 is 5.46. The van der Waals surface area contributed by atoms with Gasteiger partial charge in [0, 0.05) is 5.92 Å². The van der Waals surface area contributed by atoms with Crippen LogP contribution in [0.5, 0.6) is 0 Å². The lowest BCUT2D eigenvalue weighted by Gasteiger charge is -2.13. The average Bonchev–Trinajstić information content (AvgIpc) is 2.15. The summed E-state index contributed by atoms with van der Waals surface area (Å²) in [6.07, 6.45) is 5.38. The Balaban J connectivity index is 3.93. The summed E-state index contributed by atoms with van der Waals surface area (Å²) in [5.74, 6) is 0.133. The Labute approximate surface area is 87.3 Å². The van der Waals surface area contributed by atoms with Gasteiger partial charge in [-0.15, -0.1) is 0 Å². The quantitative estimate of drug-likeness (QED) is 0.543. The number of aliphatic hydroxyl groups excluding tert-OH is 1. The van der Waals surface area contributed by atoms with Crippen molar-refractivity contribution in [1.29, 1.82) is 0 Å². The van der Waals surface area contributed by atoms with E-state index in [1.807, 2.05) is 39.8 Å². The van der Waals surface area contributed by atoms with Gasteiger partial charge < -0.3 is 9.84 Å². The van der Waals surface area contributed by atoms with Crippen molar-refractivity contribution in [2.45, 2.75) is 46.8 Å². The monoisotopic (exact) mass is 198 g/mol. The number of allylic oxidation sites excluding steroid dienone is 1. The lowest BCUT2D eigenvalue weighted by atomic mass is 10.1. The minimum Gasteiger partial charge on any atom is -0.494 e. The van der Waals surface area contributed by atoms with Crippen LogP contribution in [0.1, 0.15) is 34.6 Å². The van der Waals surface area contributed by atoms with Gasteiger partial charge in [-0.3, -0.25) is 0 Å². The Kier molecular flexibility index (Phi) is 6.30. The lowest BCUT2D eigenvalue weighted by Crippen LogP contribution is -2.11. The Morgan fingerprint density at radius 1 is 1.29 bits per heavy atom. The summed E-state index contributed by atoms with van der Waals surface area (Å²) in [5, 5.41) is 9.22. The van der Waals surface area contributed by atoms with E-state index in [1.54, 1.807) is 13.2 Å². The van der Waals surface area contributed by atoms with Gasteiger partial charge in [-0.2, -0.15) is 0 Å². The fourth-order valence-electron chi connectivity index (χ4n) is 0.790. The molecule has 1 N–H and O–H groups in total. The van der Waals surface area contributed by atoms with Crippen molar-refractivity contribution < 1.29 is 9.84 Å². The molecule has 0 saturated carbocycles. The molecule has 0 aliphatic carbocycles. The maximum Gasteiger partial charge on any atom is 0.116 e. The molecule has 0 fully saturated rings. The molecule has 0 aromatic rings. The zero-order valence-corrected chi connectivity index (χ0v) is 9.82. The topological polar surface area (TPSA) is 29.5 Å². The molecule has 0 aromatic heterocycles. The van der Waals surface area contributed by atoms with Gasteiger partial charge in [0.2, 0.25) is 0 Å².